The van der Waals surface area contributed by atoms with E-state index in [-0.39, 0.29) is 24.3 Å². The van der Waals surface area contributed by atoms with Gasteiger partial charge in [0, 0.05) is 11.6 Å². The Hall–Kier alpha value is -2.82. The van der Waals surface area contributed by atoms with Crippen LogP contribution in [0.2, 0.25) is 0 Å². The fourth-order valence-electron chi connectivity index (χ4n) is 3.00. The fraction of sp³-hybridized carbons (Fsp3) is 0.300. The van der Waals surface area contributed by atoms with E-state index in [4.69, 9.17) is 4.74 Å². The summed E-state index contributed by atoms with van der Waals surface area (Å²) in [5, 5.41) is 2.93. The summed E-state index contributed by atoms with van der Waals surface area (Å²) in [5.74, 6) is 0.768. The molecule has 0 bridgehead atoms. The zero-order chi connectivity index (χ0) is 17.4. The smallest absolute Gasteiger partial charge is 0.265 e. The first-order valence-corrected chi connectivity index (χ1v) is 8.54. The van der Waals surface area contributed by atoms with Crippen LogP contribution in [0.25, 0.3) is 0 Å². The van der Waals surface area contributed by atoms with E-state index in [1.165, 1.54) is 0 Å². The van der Waals surface area contributed by atoms with Crippen molar-refractivity contribution in [3.05, 3.63) is 53.6 Å². The van der Waals surface area contributed by atoms with E-state index >= 15 is 0 Å². The van der Waals surface area contributed by atoms with Gasteiger partial charge in [0.1, 0.15) is 5.75 Å². The molecule has 0 atom stereocenters. The summed E-state index contributed by atoms with van der Waals surface area (Å²) < 4.78 is 5.55. The number of amides is 2. The molecule has 1 N–H and O–H groups in total. The van der Waals surface area contributed by atoms with Crippen molar-refractivity contribution in [1.29, 1.82) is 0 Å². The zero-order valence-corrected chi connectivity index (χ0v) is 14.1. The van der Waals surface area contributed by atoms with Gasteiger partial charge in [0.05, 0.1) is 12.2 Å². The Balaban J connectivity index is 1.63. The van der Waals surface area contributed by atoms with Crippen molar-refractivity contribution in [2.45, 2.75) is 26.3 Å². The highest BCUT2D eigenvalue weighted by atomic mass is 16.5. The first kappa shape index (κ1) is 15.7. The van der Waals surface area contributed by atoms with Crippen LogP contribution in [0, 0.1) is 12.8 Å². The van der Waals surface area contributed by atoms with Crippen molar-refractivity contribution in [3.63, 3.8) is 0 Å². The number of anilines is 2. The summed E-state index contributed by atoms with van der Waals surface area (Å²) >= 11 is 0. The number of nitrogens with zero attached hydrogens (tertiary/aromatic N) is 1. The zero-order valence-electron chi connectivity index (χ0n) is 14.1. The number of rotatable bonds is 4. The maximum Gasteiger partial charge on any atom is 0.265 e. The molecule has 4 rings (SSSR count). The molecule has 0 unspecified atom stereocenters. The number of ether oxygens (including phenoxy) is 1. The molecule has 2 aromatic carbocycles. The van der Waals surface area contributed by atoms with E-state index in [0.717, 1.165) is 24.0 Å². The molecule has 5 heteroatoms. The van der Waals surface area contributed by atoms with Crippen LogP contribution < -0.4 is 15.0 Å². The normalized spacial score (nSPS) is 16.2. The number of carbonyl (C=O) groups is 2. The van der Waals surface area contributed by atoms with Gasteiger partial charge in [0.15, 0.2) is 6.61 Å². The minimum atomic E-state index is -0.0820. The van der Waals surface area contributed by atoms with Crippen molar-refractivity contribution in [3.8, 4) is 5.75 Å². The highest BCUT2D eigenvalue weighted by molar-refractivity contribution is 6.00. The Kier molecular flexibility index (Phi) is 3.92. The number of carbonyl (C=O) groups excluding carboxylic acids is 2. The van der Waals surface area contributed by atoms with Crippen molar-refractivity contribution >= 4 is 23.2 Å². The average Bonchev–Trinajstić information content (AvgIpc) is 3.44. The summed E-state index contributed by atoms with van der Waals surface area (Å²) in [6.07, 6.45) is 1.91. The van der Waals surface area contributed by atoms with E-state index in [0.29, 0.717) is 23.7 Å². The largest absolute Gasteiger partial charge is 0.482 e. The molecule has 0 radical (unpaired) electrons. The number of nitrogens with one attached hydrogen (secondary N) is 1. The van der Waals surface area contributed by atoms with Gasteiger partial charge in [-0.15, -0.1) is 0 Å². The molecule has 2 aromatic rings. The van der Waals surface area contributed by atoms with Crippen molar-refractivity contribution in [2.24, 2.45) is 5.92 Å². The van der Waals surface area contributed by atoms with Crippen LogP contribution in [-0.2, 0) is 16.1 Å². The number of hydrogen-bond donors (Lipinski definition) is 1. The van der Waals surface area contributed by atoms with Gasteiger partial charge < -0.3 is 15.0 Å². The van der Waals surface area contributed by atoms with E-state index < -0.39 is 0 Å². The summed E-state index contributed by atoms with van der Waals surface area (Å²) in [6.45, 7) is 2.56. The molecule has 1 fully saturated rings. The third-order valence-corrected chi connectivity index (χ3v) is 4.71. The molecule has 2 aliphatic rings. The van der Waals surface area contributed by atoms with Crippen molar-refractivity contribution in [1.82, 2.24) is 0 Å². The highest BCUT2D eigenvalue weighted by Crippen LogP contribution is 2.37. The molecule has 1 saturated carbocycles. The number of benzene rings is 2. The number of hydrogen-bond acceptors (Lipinski definition) is 3. The van der Waals surface area contributed by atoms with Gasteiger partial charge in [-0.05, 0) is 49.1 Å². The third-order valence-electron chi connectivity index (χ3n) is 4.71. The lowest BCUT2D eigenvalue weighted by Gasteiger charge is -2.30. The van der Waals surface area contributed by atoms with Crippen LogP contribution in [0.15, 0.2) is 42.5 Å². The first-order chi connectivity index (χ1) is 12.1. The molecule has 0 aromatic heterocycles. The topological polar surface area (TPSA) is 58.6 Å². The second kappa shape index (κ2) is 6.24. The SMILES string of the molecule is Cc1ccccc1CN1C(=O)COc2ccc(NC(=O)C3CC3)cc21. The second-order valence-corrected chi connectivity index (χ2v) is 6.64. The predicted molar refractivity (Wildman–Crippen MR) is 95.7 cm³/mol. The number of aryl methyl sites for hydroxylation is 1. The molecule has 2 amide bonds. The lowest BCUT2D eigenvalue weighted by molar-refractivity contribution is -0.121. The summed E-state index contributed by atoms with van der Waals surface area (Å²) in [6, 6.07) is 13.5. The Morgan fingerprint density at radius 3 is 2.80 bits per heavy atom. The monoisotopic (exact) mass is 336 g/mol. The standard InChI is InChI=1S/C20H20N2O3/c1-13-4-2-3-5-15(13)11-22-17-10-16(21-20(24)14-6-7-14)8-9-18(17)25-12-19(22)23/h2-5,8-10,14H,6-7,11-12H2,1H3,(H,21,24). The minimum absolute atomic E-state index is 0.0344. The van der Waals surface area contributed by atoms with Gasteiger partial charge in [0.25, 0.3) is 5.91 Å². The van der Waals surface area contributed by atoms with E-state index in [1.807, 2.05) is 49.4 Å². The first-order valence-electron chi connectivity index (χ1n) is 8.54. The molecule has 128 valence electrons. The molecule has 0 spiro atoms. The quantitative estimate of drug-likeness (QED) is 0.932. The Bertz CT molecular complexity index is 843. The van der Waals surface area contributed by atoms with Gasteiger partial charge >= 0.3 is 0 Å². The molecule has 5 nitrogen and oxygen atoms in total. The van der Waals surface area contributed by atoms with Gasteiger partial charge in [-0.3, -0.25) is 9.59 Å². The maximum atomic E-state index is 12.4. The molecule has 1 aliphatic carbocycles. The highest BCUT2D eigenvalue weighted by Gasteiger charge is 2.30. The Morgan fingerprint density at radius 1 is 1.24 bits per heavy atom. The summed E-state index contributed by atoms with van der Waals surface area (Å²) in [7, 11) is 0. The Morgan fingerprint density at radius 2 is 2.04 bits per heavy atom. The van der Waals surface area contributed by atoms with Crippen LogP contribution in [0.1, 0.15) is 24.0 Å². The molecule has 0 saturated heterocycles. The van der Waals surface area contributed by atoms with E-state index in [9.17, 15) is 9.59 Å². The lowest BCUT2D eigenvalue weighted by atomic mass is 10.1. The van der Waals surface area contributed by atoms with Crippen LogP contribution >= 0.6 is 0 Å². The molecule has 1 heterocycles. The predicted octanol–water partition coefficient (Wildman–Crippen LogP) is 3.27. The van der Waals surface area contributed by atoms with Gasteiger partial charge in [-0.1, -0.05) is 24.3 Å². The van der Waals surface area contributed by atoms with Gasteiger partial charge in [-0.2, -0.15) is 0 Å². The van der Waals surface area contributed by atoms with Crippen LogP contribution in [0.5, 0.6) is 5.75 Å². The number of fused-ring (bicyclic) bond motifs is 1. The maximum absolute atomic E-state index is 12.4. The lowest BCUT2D eigenvalue weighted by Crippen LogP contribution is -2.38. The molecule has 1 aliphatic heterocycles. The Labute approximate surface area is 146 Å². The van der Waals surface area contributed by atoms with Crippen molar-refractivity contribution in [2.75, 3.05) is 16.8 Å². The third kappa shape index (κ3) is 3.22. The van der Waals surface area contributed by atoms with Crippen molar-refractivity contribution < 1.29 is 14.3 Å². The average molecular weight is 336 g/mol. The molecular weight excluding hydrogens is 316 g/mol. The summed E-state index contributed by atoms with van der Waals surface area (Å²) in [5.41, 5.74) is 3.63. The fourth-order valence-corrected chi connectivity index (χ4v) is 3.00. The van der Waals surface area contributed by atoms with E-state index in [2.05, 4.69) is 5.32 Å². The second-order valence-electron chi connectivity index (χ2n) is 6.64. The van der Waals surface area contributed by atoms with Crippen LogP contribution in [0.4, 0.5) is 11.4 Å². The van der Waals surface area contributed by atoms with Crippen LogP contribution in [-0.4, -0.2) is 18.4 Å². The minimum Gasteiger partial charge on any atom is -0.482 e. The van der Waals surface area contributed by atoms with Gasteiger partial charge in [-0.25, -0.2) is 0 Å². The van der Waals surface area contributed by atoms with Crippen LogP contribution in [0.3, 0.4) is 0 Å². The summed E-state index contributed by atoms with van der Waals surface area (Å²) in [4.78, 5) is 26.2. The van der Waals surface area contributed by atoms with E-state index in [1.54, 1.807) is 4.90 Å². The van der Waals surface area contributed by atoms with Gasteiger partial charge in [0.2, 0.25) is 5.91 Å². The molecular formula is C20H20N2O3. The molecule has 25 heavy (non-hydrogen) atoms.